The van der Waals surface area contributed by atoms with Crippen LogP contribution in [0.4, 0.5) is 0 Å². The minimum absolute atomic E-state index is 0.0367. The smallest absolute Gasteiger partial charge is 0.273 e. The number of hydrogen-bond acceptors (Lipinski definition) is 3. The van der Waals surface area contributed by atoms with Crippen molar-refractivity contribution in [3.63, 3.8) is 0 Å². The number of carbonyl (C=O) groups excluding carboxylic acids is 1. The number of amides is 1. The fourth-order valence-corrected chi connectivity index (χ4v) is 4.47. The van der Waals surface area contributed by atoms with E-state index >= 15 is 0 Å². The van der Waals surface area contributed by atoms with E-state index in [9.17, 15) is 4.79 Å². The second kappa shape index (κ2) is 6.17. The first kappa shape index (κ1) is 15.6. The average molecular weight is 323 g/mol. The van der Waals surface area contributed by atoms with Gasteiger partial charge in [0.15, 0.2) is 0 Å². The highest BCUT2D eigenvalue weighted by Crippen LogP contribution is 2.34. The van der Waals surface area contributed by atoms with E-state index in [0.717, 1.165) is 43.1 Å². The third kappa shape index (κ3) is 2.59. The first-order valence-electron chi connectivity index (χ1n) is 9.09. The minimum Gasteiger partial charge on any atom is -0.332 e. The highest BCUT2D eigenvalue weighted by Gasteiger charge is 2.43. The highest BCUT2D eigenvalue weighted by atomic mass is 16.2. The monoisotopic (exact) mass is 323 g/mol. The van der Waals surface area contributed by atoms with Crippen molar-refractivity contribution in [3.8, 4) is 0 Å². The standard InChI is InChI=1S/C20H25N3O/c1-20-11-6-14-23(17(20)9-4-5-12-22-20)19(24)18-16-8-3-2-7-15(16)10-13-21-18/h2-3,7-8,10,13,17,22H,4-6,9,11-12,14H2,1H3/t17-,20-/m0/s1. The van der Waals surface area contributed by atoms with Gasteiger partial charge in [0.05, 0.1) is 0 Å². The molecular weight excluding hydrogens is 298 g/mol. The molecule has 4 nitrogen and oxygen atoms in total. The summed E-state index contributed by atoms with van der Waals surface area (Å²) in [5, 5.41) is 5.75. The maximum Gasteiger partial charge on any atom is 0.273 e. The number of pyridine rings is 1. The van der Waals surface area contributed by atoms with Gasteiger partial charge in [-0.2, -0.15) is 0 Å². The van der Waals surface area contributed by atoms with Crippen molar-refractivity contribution in [2.75, 3.05) is 13.1 Å². The minimum atomic E-state index is 0.0367. The summed E-state index contributed by atoms with van der Waals surface area (Å²) in [6.45, 7) is 4.19. The molecule has 2 aliphatic rings. The lowest BCUT2D eigenvalue weighted by atomic mass is 9.81. The molecule has 2 atom stereocenters. The molecular formula is C20H25N3O. The summed E-state index contributed by atoms with van der Waals surface area (Å²) < 4.78 is 0. The van der Waals surface area contributed by atoms with E-state index in [-0.39, 0.29) is 17.5 Å². The summed E-state index contributed by atoms with van der Waals surface area (Å²) in [5.41, 5.74) is 0.635. The van der Waals surface area contributed by atoms with E-state index < -0.39 is 0 Å². The van der Waals surface area contributed by atoms with E-state index in [4.69, 9.17) is 0 Å². The van der Waals surface area contributed by atoms with E-state index in [1.54, 1.807) is 6.20 Å². The largest absolute Gasteiger partial charge is 0.332 e. The normalized spacial score (nSPS) is 27.5. The van der Waals surface area contributed by atoms with Gasteiger partial charge >= 0.3 is 0 Å². The van der Waals surface area contributed by atoms with Gasteiger partial charge in [0, 0.05) is 29.7 Å². The van der Waals surface area contributed by atoms with Crippen molar-refractivity contribution in [1.82, 2.24) is 15.2 Å². The second-order valence-electron chi connectivity index (χ2n) is 7.34. The van der Waals surface area contributed by atoms with Gasteiger partial charge in [0.1, 0.15) is 5.69 Å². The average Bonchev–Trinajstić information content (AvgIpc) is 2.81. The molecule has 4 rings (SSSR count). The molecule has 4 heteroatoms. The van der Waals surface area contributed by atoms with Crippen LogP contribution in [0.1, 0.15) is 49.5 Å². The Kier molecular flexibility index (Phi) is 4.01. The van der Waals surface area contributed by atoms with Crippen LogP contribution in [-0.4, -0.2) is 40.5 Å². The molecule has 0 radical (unpaired) electrons. The van der Waals surface area contributed by atoms with Crippen molar-refractivity contribution in [2.45, 2.75) is 50.6 Å². The summed E-state index contributed by atoms with van der Waals surface area (Å²) in [6, 6.07) is 10.3. The molecule has 0 saturated carbocycles. The SMILES string of the molecule is C[C@]12CCCN(C(=O)c3nccc4ccccc34)[C@H]1CCCCN2. The Labute approximate surface area is 143 Å². The maximum absolute atomic E-state index is 13.4. The summed E-state index contributed by atoms with van der Waals surface area (Å²) in [6.07, 6.45) is 7.41. The van der Waals surface area contributed by atoms with Crippen molar-refractivity contribution in [3.05, 3.63) is 42.2 Å². The lowest BCUT2D eigenvalue weighted by Crippen LogP contribution is -2.62. The number of nitrogens with zero attached hydrogens (tertiary/aromatic N) is 2. The quantitative estimate of drug-likeness (QED) is 0.875. The number of rotatable bonds is 1. The molecule has 2 aliphatic heterocycles. The van der Waals surface area contributed by atoms with Gasteiger partial charge in [-0.3, -0.25) is 9.78 Å². The lowest BCUT2D eigenvalue weighted by Gasteiger charge is -2.48. The fraction of sp³-hybridized carbons (Fsp3) is 0.500. The number of hydrogen-bond donors (Lipinski definition) is 1. The van der Waals surface area contributed by atoms with Crippen molar-refractivity contribution in [1.29, 1.82) is 0 Å². The van der Waals surface area contributed by atoms with Gasteiger partial charge in [-0.25, -0.2) is 0 Å². The molecule has 0 spiro atoms. The predicted molar refractivity (Wildman–Crippen MR) is 96.1 cm³/mol. The predicted octanol–water partition coefficient (Wildman–Crippen LogP) is 3.37. The number of nitrogens with one attached hydrogen (secondary N) is 1. The number of aromatic nitrogens is 1. The molecule has 1 amide bonds. The zero-order chi connectivity index (χ0) is 16.6. The van der Waals surface area contributed by atoms with Gasteiger partial charge in [-0.1, -0.05) is 30.7 Å². The first-order chi connectivity index (χ1) is 11.7. The van der Waals surface area contributed by atoms with Crippen LogP contribution in [0.2, 0.25) is 0 Å². The van der Waals surface area contributed by atoms with Crippen molar-refractivity contribution >= 4 is 16.7 Å². The van der Waals surface area contributed by atoms with Crippen LogP contribution in [0, 0.1) is 0 Å². The van der Waals surface area contributed by atoms with Gasteiger partial charge in [-0.05, 0) is 50.6 Å². The molecule has 0 unspecified atom stereocenters. The van der Waals surface area contributed by atoms with Crippen LogP contribution in [0.5, 0.6) is 0 Å². The van der Waals surface area contributed by atoms with Crippen LogP contribution < -0.4 is 5.32 Å². The molecule has 1 aromatic heterocycles. The molecule has 24 heavy (non-hydrogen) atoms. The zero-order valence-electron chi connectivity index (χ0n) is 14.3. The summed E-state index contributed by atoms with van der Waals surface area (Å²) >= 11 is 0. The Bertz CT molecular complexity index is 754. The third-order valence-corrected chi connectivity index (χ3v) is 5.78. The van der Waals surface area contributed by atoms with Gasteiger partial charge < -0.3 is 10.2 Å². The Morgan fingerprint density at radius 3 is 3.04 bits per heavy atom. The van der Waals surface area contributed by atoms with Crippen LogP contribution in [0.15, 0.2) is 36.5 Å². The third-order valence-electron chi connectivity index (χ3n) is 5.78. The van der Waals surface area contributed by atoms with E-state index in [1.807, 2.05) is 30.3 Å². The van der Waals surface area contributed by atoms with Crippen LogP contribution in [0.25, 0.3) is 10.8 Å². The summed E-state index contributed by atoms with van der Waals surface area (Å²) in [4.78, 5) is 19.9. The maximum atomic E-state index is 13.4. The molecule has 0 aliphatic carbocycles. The summed E-state index contributed by atoms with van der Waals surface area (Å²) in [5.74, 6) is 0.0893. The van der Waals surface area contributed by atoms with E-state index in [0.29, 0.717) is 5.69 Å². The zero-order valence-corrected chi connectivity index (χ0v) is 14.3. The Morgan fingerprint density at radius 2 is 2.12 bits per heavy atom. The number of piperidine rings is 1. The van der Waals surface area contributed by atoms with E-state index in [2.05, 4.69) is 22.1 Å². The number of carbonyl (C=O) groups is 1. The Hall–Kier alpha value is -1.94. The highest BCUT2D eigenvalue weighted by molar-refractivity contribution is 6.05. The topological polar surface area (TPSA) is 45.2 Å². The van der Waals surface area contributed by atoms with Gasteiger partial charge in [0.2, 0.25) is 0 Å². The number of likely N-dealkylation sites (tertiary alicyclic amines) is 1. The van der Waals surface area contributed by atoms with Gasteiger partial charge in [0.25, 0.3) is 5.91 Å². The Balaban J connectivity index is 1.72. The molecule has 1 N–H and O–H groups in total. The Morgan fingerprint density at radius 1 is 1.25 bits per heavy atom. The molecule has 1 aromatic carbocycles. The fourth-order valence-electron chi connectivity index (χ4n) is 4.47. The van der Waals surface area contributed by atoms with Crippen LogP contribution in [-0.2, 0) is 0 Å². The molecule has 0 bridgehead atoms. The molecule has 2 saturated heterocycles. The molecule has 3 heterocycles. The summed E-state index contributed by atoms with van der Waals surface area (Å²) in [7, 11) is 0. The van der Waals surface area contributed by atoms with Crippen molar-refractivity contribution < 1.29 is 4.79 Å². The van der Waals surface area contributed by atoms with Crippen LogP contribution >= 0.6 is 0 Å². The molecule has 2 aromatic rings. The van der Waals surface area contributed by atoms with Gasteiger partial charge in [-0.15, -0.1) is 0 Å². The van der Waals surface area contributed by atoms with Crippen molar-refractivity contribution in [2.24, 2.45) is 0 Å². The second-order valence-corrected chi connectivity index (χ2v) is 7.34. The van der Waals surface area contributed by atoms with Crippen LogP contribution in [0.3, 0.4) is 0 Å². The van der Waals surface area contributed by atoms with E-state index in [1.165, 1.54) is 12.8 Å². The number of fused-ring (bicyclic) bond motifs is 2. The molecule has 2 fully saturated rings. The lowest BCUT2D eigenvalue weighted by molar-refractivity contribution is 0.0376. The number of benzene rings is 1. The molecule has 126 valence electrons. The first-order valence-corrected chi connectivity index (χ1v) is 9.09.